The lowest BCUT2D eigenvalue weighted by atomic mass is 10.1. The van der Waals surface area contributed by atoms with Crippen LogP contribution >= 0.6 is 11.8 Å². The molecule has 1 saturated heterocycles. The summed E-state index contributed by atoms with van der Waals surface area (Å²) in [4.78, 5) is 36.5. The fourth-order valence-electron chi connectivity index (χ4n) is 2.73. The molecule has 0 aliphatic carbocycles. The van der Waals surface area contributed by atoms with Gasteiger partial charge >= 0.3 is 0 Å². The lowest BCUT2D eigenvalue weighted by Gasteiger charge is -2.14. The molecule has 1 fully saturated rings. The number of rotatable bonds is 7. The smallest absolute Gasteiger partial charge is 0.288 e. The lowest BCUT2D eigenvalue weighted by molar-refractivity contribution is -0.124. The van der Waals surface area contributed by atoms with Gasteiger partial charge in [-0.3, -0.25) is 24.0 Å². The second-order valence-electron chi connectivity index (χ2n) is 6.42. The van der Waals surface area contributed by atoms with E-state index in [0.29, 0.717) is 5.56 Å². The van der Waals surface area contributed by atoms with E-state index in [2.05, 4.69) is 10.0 Å². The molecule has 0 spiro atoms. The Morgan fingerprint density at radius 3 is 2.60 bits per heavy atom. The molecule has 30 heavy (non-hydrogen) atoms. The normalized spacial score (nSPS) is 14.1. The number of carbonyl (C=O) groups is 3. The summed E-state index contributed by atoms with van der Waals surface area (Å²) in [5.41, 5.74) is 0.433. The Balaban J connectivity index is 1.72. The topological polar surface area (TPSA) is 113 Å². The molecule has 1 aliphatic rings. The molecule has 1 heterocycles. The van der Waals surface area contributed by atoms with Crippen LogP contribution in [0.4, 0.5) is 14.9 Å². The van der Waals surface area contributed by atoms with Crippen LogP contribution in [0.15, 0.2) is 47.4 Å². The molecule has 3 rings (SSSR count). The molecule has 2 N–H and O–H groups in total. The first kappa shape index (κ1) is 21.8. The van der Waals surface area contributed by atoms with Gasteiger partial charge < -0.3 is 5.32 Å². The van der Waals surface area contributed by atoms with Crippen LogP contribution in [0.5, 0.6) is 0 Å². The van der Waals surface area contributed by atoms with Crippen molar-refractivity contribution in [1.82, 2.24) is 10.2 Å². The Morgan fingerprint density at radius 1 is 1.20 bits per heavy atom. The number of amides is 3. The zero-order valence-corrected chi connectivity index (χ0v) is 17.5. The highest BCUT2D eigenvalue weighted by Crippen LogP contribution is 2.21. The van der Waals surface area contributed by atoms with Crippen molar-refractivity contribution < 1.29 is 27.2 Å². The molecule has 3 amide bonds. The first-order valence-corrected chi connectivity index (χ1v) is 11.3. The summed E-state index contributed by atoms with van der Waals surface area (Å²) in [5.74, 6) is -1.51. The maximum Gasteiger partial charge on any atom is 0.288 e. The van der Waals surface area contributed by atoms with Crippen molar-refractivity contribution in [3.8, 4) is 0 Å². The molecule has 2 aromatic rings. The van der Waals surface area contributed by atoms with Gasteiger partial charge in [0.1, 0.15) is 5.82 Å². The number of para-hydroxylation sites is 1. The molecule has 0 unspecified atom stereocenters. The van der Waals surface area contributed by atoms with E-state index in [9.17, 15) is 27.2 Å². The number of benzene rings is 2. The van der Waals surface area contributed by atoms with Crippen molar-refractivity contribution in [2.75, 3.05) is 23.6 Å². The Bertz CT molecular complexity index is 1100. The number of hydrogen-bond acceptors (Lipinski definition) is 6. The van der Waals surface area contributed by atoms with Crippen LogP contribution in [-0.2, 0) is 14.8 Å². The molecule has 0 radical (unpaired) electrons. The van der Waals surface area contributed by atoms with Gasteiger partial charge in [0.25, 0.3) is 21.2 Å². The van der Waals surface area contributed by atoms with Crippen molar-refractivity contribution in [2.24, 2.45) is 0 Å². The number of nitrogens with zero attached hydrogens (tertiary/aromatic N) is 1. The summed E-state index contributed by atoms with van der Waals surface area (Å²) in [6.45, 7) is 1.70. The number of aryl methyl sites for hydroxylation is 1. The minimum absolute atomic E-state index is 0.0285. The molecule has 158 valence electrons. The van der Waals surface area contributed by atoms with Crippen LogP contribution in [-0.4, -0.2) is 49.2 Å². The van der Waals surface area contributed by atoms with Gasteiger partial charge in [-0.05, 0) is 36.8 Å². The first-order valence-electron chi connectivity index (χ1n) is 8.82. The van der Waals surface area contributed by atoms with E-state index in [-0.39, 0.29) is 46.1 Å². The molecule has 2 aromatic carbocycles. The summed E-state index contributed by atoms with van der Waals surface area (Å²) in [6.07, 6.45) is 0. The average molecular weight is 452 g/mol. The van der Waals surface area contributed by atoms with Gasteiger partial charge in [-0.2, -0.15) is 0 Å². The Labute approximate surface area is 176 Å². The monoisotopic (exact) mass is 451 g/mol. The predicted molar refractivity (Wildman–Crippen MR) is 110 cm³/mol. The van der Waals surface area contributed by atoms with E-state index in [1.807, 2.05) is 0 Å². The van der Waals surface area contributed by atoms with Crippen molar-refractivity contribution in [2.45, 2.75) is 11.8 Å². The zero-order chi connectivity index (χ0) is 21.9. The molecule has 11 heteroatoms. The van der Waals surface area contributed by atoms with Gasteiger partial charge in [-0.1, -0.05) is 30.0 Å². The molecular formula is C19H18FN3O5S2. The van der Waals surface area contributed by atoms with Crippen LogP contribution < -0.4 is 10.0 Å². The predicted octanol–water partition coefficient (Wildman–Crippen LogP) is 2.36. The van der Waals surface area contributed by atoms with Crippen molar-refractivity contribution in [1.29, 1.82) is 0 Å². The van der Waals surface area contributed by atoms with E-state index >= 15 is 0 Å². The van der Waals surface area contributed by atoms with E-state index in [1.54, 1.807) is 6.92 Å². The molecule has 0 bridgehead atoms. The molecule has 0 atom stereocenters. The van der Waals surface area contributed by atoms with Crippen LogP contribution in [0.1, 0.15) is 15.9 Å². The number of halogens is 1. The van der Waals surface area contributed by atoms with Crippen molar-refractivity contribution in [3.05, 3.63) is 59.4 Å². The van der Waals surface area contributed by atoms with Crippen LogP contribution in [0.3, 0.4) is 0 Å². The number of thioether (sulfide) groups is 1. The standard InChI is InChI=1S/C19H18FN3O5S2/c1-12-6-7-13(30(27,28)22-16-5-3-2-4-15(16)20)10-14(12)18(25)21-8-9-23-17(24)11-29-19(23)26/h2-7,10,22H,8-9,11H2,1H3,(H,21,25). The number of imide groups is 1. The summed E-state index contributed by atoms with van der Waals surface area (Å²) >= 11 is 0.902. The zero-order valence-electron chi connectivity index (χ0n) is 15.8. The van der Waals surface area contributed by atoms with Gasteiger partial charge in [-0.15, -0.1) is 0 Å². The second-order valence-corrected chi connectivity index (χ2v) is 9.03. The van der Waals surface area contributed by atoms with E-state index in [1.165, 1.54) is 36.4 Å². The van der Waals surface area contributed by atoms with E-state index < -0.39 is 21.7 Å². The fraction of sp³-hybridized carbons (Fsp3) is 0.211. The molecule has 8 nitrogen and oxygen atoms in total. The Hall–Kier alpha value is -2.92. The summed E-state index contributed by atoms with van der Waals surface area (Å²) in [7, 11) is -4.13. The minimum atomic E-state index is -4.13. The quantitative estimate of drug-likeness (QED) is 0.668. The van der Waals surface area contributed by atoms with Crippen LogP contribution in [0.2, 0.25) is 0 Å². The lowest BCUT2D eigenvalue weighted by Crippen LogP contribution is -2.37. The highest BCUT2D eigenvalue weighted by atomic mass is 32.2. The highest BCUT2D eigenvalue weighted by molar-refractivity contribution is 8.14. The van der Waals surface area contributed by atoms with Crippen LogP contribution in [0.25, 0.3) is 0 Å². The third kappa shape index (κ3) is 4.79. The highest BCUT2D eigenvalue weighted by Gasteiger charge is 2.29. The van der Waals surface area contributed by atoms with Gasteiger partial charge in [0.2, 0.25) is 5.91 Å². The number of sulfonamides is 1. The van der Waals surface area contributed by atoms with E-state index in [4.69, 9.17) is 0 Å². The second kappa shape index (κ2) is 8.84. The maximum absolute atomic E-state index is 13.8. The summed E-state index contributed by atoms with van der Waals surface area (Å²) in [6, 6.07) is 9.31. The molecular weight excluding hydrogens is 433 g/mol. The SMILES string of the molecule is Cc1ccc(S(=O)(=O)Nc2ccccc2F)cc1C(=O)NCCN1C(=O)CSC1=O. The van der Waals surface area contributed by atoms with Crippen LogP contribution in [0, 0.1) is 12.7 Å². The van der Waals surface area contributed by atoms with Gasteiger partial charge in [0, 0.05) is 18.7 Å². The largest absolute Gasteiger partial charge is 0.350 e. The third-order valence-electron chi connectivity index (χ3n) is 4.34. The molecule has 1 aliphatic heterocycles. The summed E-state index contributed by atoms with van der Waals surface area (Å²) < 4.78 is 41.2. The Morgan fingerprint density at radius 2 is 1.93 bits per heavy atom. The van der Waals surface area contributed by atoms with Gasteiger partial charge in [-0.25, -0.2) is 12.8 Å². The van der Waals surface area contributed by atoms with Crippen molar-refractivity contribution >= 4 is 44.5 Å². The third-order valence-corrected chi connectivity index (χ3v) is 6.57. The maximum atomic E-state index is 13.8. The number of nitrogens with one attached hydrogen (secondary N) is 2. The van der Waals surface area contributed by atoms with E-state index in [0.717, 1.165) is 22.7 Å². The molecule has 0 saturated carbocycles. The number of hydrogen-bond donors (Lipinski definition) is 2. The van der Waals surface area contributed by atoms with Gasteiger partial charge in [0.05, 0.1) is 16.3 Å². The number of carbonyl (C=O) groups excluding carboxylic acids is 3. The summed E-state index contributed by atoms with van der Waals surface area (Å²) in [5, 5.41) is 2.21. The fourth-order valence-corrected chi connectivity index (χ4v) is 4.58. The molecule has 0 aromatic heterocycles. The van der Waals surface area contributed by atoms with Crippen molar-refractivity contribution in [3.63, 3.8) is 0 Å². The van der Waals surface area contributed by atoms with Gasteiger partial charge in [0.15, 0.2) is 0 Å². The average Bonchev–Trinajstić information content (AvgIpc) is 3.01. The number of anilines is 1. The Kier molecular flexibility index (Phi) is 6.42. The minimum Gasteiger partial charge on any atom is -0.350 e. The first-order chi connectivity index (χ1) is 14.2.